The number of halogens is 1. The molecule has 3 aromatic rings. The van der Waals surface area contributed by atoms with Crippen molar-refractivity contribution in [2.75, 3.05) is 5.32 Å². The molecule has 0 unspecified atom stereocenters. The molecule has 0 aliphatic rings. The summed E-state index contributed by atoms with van der Waals surface area (Å²) in [6, 6.07) is 11.4. The molecule has 24 heavy (non-hydrogen) atoms. The Balaban J connectivity index is 1.56. The number of fused-ring (bicyclic) bond motifs is 1. The number of nitrogens with zero attached hydrogens (tertiary/aromatic N) is 1. The van der Waals surface area contributed by atoms with Crippen LogP contribution >= 0.6 is 0 Å². The van der Waals surface area contributed by atoms with E-state index < -0.39 is 5.76 Å². The molecule has 0 bridgehead atoms. The molecule has 0 aliphatic carbocycles. The van der Waals surface area contributed by atoms with Gasteiger partial charge in [0.05, 0.1) is 5.52 Å². The third-order valence-electron chi connectivity index (χ3n) is 3.86. The molecular weight excluding hydrogens is 311 g/mol. The number of anilines is 1. The molecule has 6 heteroatoms. The second kappa shape index (κ2) is 6.70. The number of carbonyl (C=O) groups excluding carboxylic acids is 1. The molecule has 0 saturated carbocycles. The minimum Gasteiger partial charge on any atom is -0.408 e. The van der Waals surface area contributed by atoms with Crippen LogP contribution in [0.1, 0.15) is 18.4 Å². The SMILES string of the molecule is Cn1c(=O)oc2cc(NC(=O)CCCc3ccc(F)cc3)ccc21. The van der Waals surface area contributed by atoms with Crippen LogP contribution in [0.4, 0.5) is 10.1 Å². The van der Waals surface area contributed by atoms with Gasteiger partial charge in [0.25, 0.3) is 0 Å². The first-order valence-corrected chi connectivity index (χ1v) is 7.67. The zero-order chi connectivity index (χ0) is 17.1. The maximum Gasteiger partial charge on any atom is 0.419 e. The Labute approximate surface area is 137 Å². The second-order valence-corrected chi connectivity index (χ2v) is 5.64. The number of hydrogen-bond donors (Lipinski definition) is 1. The molecule has 1 aromatic heterocycles. The van der Waals surface area contributed by atoms with E-state index in [1.165, 1.54) is 16.7 Å². The summed E-state index contributed by atoms with van der Waals surface area (Å²) in [5, 5.41) is 2.79. The van der Waals surface area contributed by atoms with Crippen LogP contribution in [0.15, 0.2) is 51.7 Å². The largest absolute Gasteiger partial charge is 0.419 e. The molecule has 1 amide bonds. The first kappa shape index (κ1) is 16.0. The summed E-state index contributed by atoms with van der Waals surface area (Å²) in [5.41, 5.74) is 2.70. The van der Waals surface area contributed by atoms with Crippen LogP contribution in [0, 0.1) is 5.82 Å². The third kappa shape index (κ3) is 3.53. The molecule has 5 nitrogen and oxygen atoms in total. The fraction of sp³-hybridized carbons (Fsp3) is 0.222. The van der Waals surface area contributed by atoms with Gasteiger partial charge in [-0.2, -0.15) is 0 Å². The van der Waals surface area contributed by atoms with Crippen molar-refractivity contribution in [3.8, 4) is 0 Å². The highest BCUT2D eigenvalue weighted by molar-refractivity contribution is 5.92. The minimum absolute atomic E-state index is 0.116. The van der Waals surface area contributed by atoms with Crippen molar-refractivity contribution in [2.45, 2.75) is 19.3 Å². The monoisotopic (exact) mass is 328 g/mol. The van der Waals surface area contributed by atoms with Gasteiger partial charge in [0.2, 0.25) is 5.91 Å². The summed E-state index contributed by atoms with van der Waals surface area (Å²) in [4.78, 5) is 23.5. The maximum absolute atomic E-state index is 12.8. The fourth-order valence-electron chi connectivity index (χ4n) is 2.54. The molecule has 124 valence electrons. The van der Waals surface area contributed by atoms with Crippen LogP contribution in [0.5, 0.6) is 0 Å². The van der Waals surface area contributed by atoms with Crippen LogP contribution in [0.2, 0.25) is 0 Å². The Kier molecular flexibility index (Phi) is 4.46. The van der Waals surface area contributed by atoms with Crippen molar-refractivity contribution in [2.24, 2.45) is 7.05 Å². The smallest absolute Gasteiger partial charge is 0.408 e. The third-order valence-corrected chi connectivity index (χ3v) is 3.86. The van der Waals surface area contributed by atoms with Gasteiger partial charge in [0, 0.05) is 25.2 Å². The van der Waals surface area contributed by atoms with Gasteiger partial charge in [-0.25, -0.2) is 9.18 Å². The number of aryl methyl sites for hydroxylation is 2. The van der Waals surface area contributed by atoms with Gasteiger partial charge in [0.1, 0.15) is 5.82 Å². The predicted molar refractivity (Wildman–Crippen MR) is 89.4 cm³/mol. The minimum atomic E-state index is -0.437. The lowest BCUT2D eigenvalue weighted by Gasteiger charge is -2.05. The molecule has 0 radical (unpaired) electrons. The van der Waals surface area contributed by atoms with Gasteiger partial charge in [0.15, 0.2) is 5.58 Å². The molecule has 0 fully saturated rings. The molecule has 3 rings (SSSR count). The van der Waals surface area contributed by atoms with Gasteiger partial charge in [-0.3, -0.25) is 9.36 Å². The van der Waals surface area contributed by atoms with E-state index in [0.29, 0.717) is 36.0 Å². The van der Waals surface area contributed by atoms with E-state index >= 15 is 0 Å². The second-order valence-electron chi connectivity index (χ2n) is 5.64. The van der Waals surface area contributed by atoms with Crippen LogP contribution < -0.4 is 11.1 Å². The van der Waals surface area contributed by atoms with Crippen LogP contribution in [0.25, 0.3) is 11.1 Å². The van der Waals surface area contributed by atoms with E-state index in [0.717, 1.165) is 5.56 Å². The first-order valence-electron chi connectivity index (χ1n) is 7.67. The average molecular weight is 328 g/mol. The number of hydrogen-bond acceptors (Lipinski definition) is 3. The Morgan fingerprint density at radius 3 is 2.71 bits per heavy atom. The van der Waals surface area contributed by atoms with E-state index in [2.05, 4.69) is 5.32 Å². The number of aromatic nitrogens is 1. The normalized spacial score (nSPS) is 10.9. The number of carbonyl (C=O) groups is 1. The lowest BCUT2D eigenvalue weighted by Crippen LogP contribution is -2.11. The Bertz CT molecular complexity index is 926. The van der Waals surface area contributed by atoms with Crippen LogP contribution in [-0.2, 0) is 18.3 Å². The van der Waals surface area contributed by atoms with E-state index in [-0.39, 0.29) is 11.7 Å². The van der Waals surface area contributed by atoms with Gasteiger partial charge in [-0.15, -0.1) is 0 Å². The molecule has 0 aliphatic heterocycles. The Morgan fingerprint density at radius 1 is 1.21 bits per heavy atom. The van der Waals surface area contributed by atoms with Gasteiger partial charge in [-0.05, 0) is 42.7 Å². The molecule has 0 atom stereocenters. The van der Waals surface area contributed by atoms with E-state index in [1.807, 2.05) is 0 Å². The highest BCUT2D eigenvalue weighted by Crippen LogP contribution is 2.18. The quantitative estimate of drug-likeness (QED) is 0.782. The molecular formula is C18H17FN2O3. The zero-order valence-electron chi connectivity index (χ0n) is 13.2. The van der Waals surface area contributed by atoms with Crippen molar-refractivity contribution in [1.82, 2.24) is 4.57 Å². The highest BCUT2D eigenvalue weighted by Gasteiger charge is 2.08. The van der Waals surface area contributed by atoms with Crippen LogP contribution in [0.3, 0.4) is 0 Å². The molecule has 0 spiro atoms. The Morgan fingerprint density at radius 2 is 1.96 bits per heavy atom. The van der Waals surface area contributed by atoms with Gasteiger partial charge < -0.3 is 9.73 Å². The fourth-order valence-corrected chi connectivity index (χ4v) is 2.54. The lowest BCUT2D eigenvalue weighted by molar-refractivity contribution is -0.116. The summed E-state index contributed by atoms with van der Waals surface area (Å²) in [6.07, 6.45) is 1.73. The molecule has 0 saturated heterocycles. The Hall–Kier alpha value is -2.89. The first-order chi connectivity index (χ1) is 11.5. The summed E-state index contributed by atoms with van der Waals surface area (Å²) in [6.45, 7) is 0. The molecule has 1 heterocycles. The standard InChI is InChI=1S/C18H17FN2O3/c1-21-15-10-9-14(11-16(15)24-18(21)23)20-17(22)4-2-3-12-5-7-13(19)8-6-12/h5-11H,2-4H2,1H3,(H,20,22). The maximum atomic E-state index is 12.8. The average Bonchev–Trinajstić information content (AvgIpc) is 2.83. The highest BCUT2D eigenvalue weighted by atomic mass is 19.1. The van der Waals surface area contributed by atoms with E-state index in [1.54, 1.807) is 37.4 Å². The summed E-state index contributed by atoms with van der Waals surface area (Å²) in [7, 11) is 1.63. The van der Waals surface area contributed by atoms with Crippen molar-refractivity contribution in [1.29, 1.82) is 0 Å². The van der Waals surface area contributed by atoms with Crippen molar-refractivity contribution in [3.05, 3.63) is 64.4 Å². The van der Waals surface area contributed by atoms with Crippen molar-refractivity contribution in [3.63, 3.8) is 0 Å². The number of amides is 1. The predicted octanol–water partition coefficient (Wildman–Crippen LogP) is 3.23. The van der Waals surface area contributed by atoms with Crippen LogP contribution in [-0.4, -0.2) is 10.5 Å². The van der Waals surface area contributed by atoms with Gasteiger partial charge >= 0.3 is 5.76 Å². The number of oxazole rings is 1. The summed E-state index contributed by atoms with van der Waals surface area (Å²) in [5.74, 6) is -0.818. The summed E-state index contributed by atoms with van der Waals surface area (Å²) >= 11 is 0. The lowest BCUT2D eigenvalue weighted by atomic mass is 10.1. The number of benzene rings is 2. The van der Waals surface area contributed by atoms with E-state index in [9.17, 15) is 14.0 Å². The van der Waals surface area contributed by atoms with Gasteiger partial charge in [-0.1, -0.05) is 12.1 Å². The summed E-state index contributed by atoms with van der Waals surface area (Å²) < 4.78 is 19.3. The number of rotatable bonds is 5. The van der Waals surface area contributed by atoms with E-state index in [4.69, 9.17) is 4.42 Å². The molecule has 1 N–H and O–H groups in total. The zero-order valence-corrected chi connectivity index (χ0v) is 13.2. The topological polar surface area (TPSA) is 64.2 Å². The van der Waals surface area contributed by atoms with Crippen molar-refractivity contribution >= 4 is 22.7 Å². The van der Waals surface area contributed by atoms with Crippen molar-refractivity contribution < 1.29 is 13.6 Å². The molecule has 2 aromatic carbocycles. The number of nitrogens with one attached hydrogen (secondary N) is 1.